The van der Waals surface area contributed by atoms with Crippen molar-refractivity contribution in [2.24, 2.45) is 0 Å². The average Bonchev–Trinajstić information content (AvgIpc) is 2.31. The van der Waals surface area contributed by atoms with Crippen LogP contribution in [0.5, 0.6) is 0 Å². The Bertz CT molecular complexity index is 409. The highest BCUT2D eigenvalue weighted by Gasteiger charge is 2.17. The lowest BCUT2D eigenvalue weighted by Crippen LogP contribution is -2.35. The van der Waals surface area contributed by atoms with E-state index in [9.17, 15) is 4.79 Å². The van der Waals surface area contributed by atoms with E-state index < -0.39 is 0 Å². The Morgan fingerprint density at radius 2 is 2.29 bits per heavy atom. The zero-order valence-corrected chi connectivity index (χ0v) is 11.2. The van der Waals surface area contributed by atoms with Crippen LogP contribution in [0, 0.1) is 0 Å². The number of hydrogen-bond donors (Lipinski definition) is 1. The van der Waals surface area contributed by atoms with Gasteiger partial charge in [-0.1, -0.05) is 24.9 Å². The van der Waals surface area contributed by atoms with Crippen LogP contribution in [-0.4, -0.2) is 28.9 Å². The monoisotopic (exact) mass is 255 g/mol. The van der Waals surface area contributed by atoms with Gasteiger partial charge in [-0.2, -0.15) is 0 Å². The molecule has 1 amide bonds. The summed E-state index contributed by atoms with van der Waals surface area (Å²) in [7, 11) is 1.78. The van der Waals surface area contributed by atoms with E-state index in [0.29, 0.717) is 10.6 Å². The summed E-state index contributed by atoms with van der Waals surface area (Å²) in [4.78, 5) is 17.7. The van der Waals surface area contributed by atoms with E-state index >= 15 is 0 Å². The van der Waals surface area contributed by atoms with Crippen molar-refractivity contribution in [1.82, 2.24) is 9.88 Å². The molecule has 0 aliphatic heterocycles. The number of nitrogen functional groups attached to an aromatic ring is 1. The third-order valence-corrected chi connectivity index (χ3v) is 3.11. The summed E-state index contributed by atoms with van der Waals surface area (Å²) >= 11 is 5.85. The maximum Gasteiger partial charge on any atom is 0.255 e. The molecule has 4 nitrogen and oxygen atoms in total. The van der Waals surface area contributed by atoms with Crippen molar-refractivity contribution in [2.75, 3.05) is 12.8 Å². The molecular weight excluding hydrogens is 238 g/mol. The minimum absolute atomic E-state index is 0.0830. The van der Waals surface area contributed by atoms with E-state index in [4.69, 9.17) is 17.3 Å². The zero-order chi connectivity index (χ0) is 13.0. The van der Waals surface area contributed by atoms with Gasteiger partial charge in [-0.15, -0.1) is 0 Å². The molecule has 1 heterocycles. The standard InChI is InChI=1S/C12H18ClN3O/c1-4-5-8(2)16(3)12(17)9-6-10(13)11(14)15-7-9/h6-8H,4-5H2,1-3H3,(H2,14,15). The molecule has 0 spiro atoms. The fourth-order valence-corrected chi connectivity index (χ4v) is 1.75. The summed E-state index contributed by atoms with van der Waals surface area (Å²) in [5.41, 5.74) is 5.97. The van der Waals surface area contributed by atoms with Crippen LogP contribution >= 0.6 is 11.6 Å². The van der Waals surface area contributed by atoms with Crippen molar-refractivity contribution in [3.05, 3.63) is 22.8 Å². The van der Waals surface area contributed by atoms with Crippen molar-refractivity contribution in [3.63, 3.8) is 0 Å². The summed E-state index contributed by atoms with van der Waals surface area (Å²) in [6, 6.07) is 1.75. The van der Waals surface area contributed by atoms with Crippen LogP contribution in [0.15, 0.2) is 12.3 Å². The summed E-state index contributed by atoms with van der Waals surface area (Å²) in [6.45, 7) is 4.12. The highest BCUT2D eigenvalue weighted by atomic mass is 35.5. The minimum atomic E-state index is -0.0830. The number of pyridine rings is 1. The highest BCUT2D eigenvalue weighted by Crippen LogP contribution is 2.18. The predicted octanol–water partition coefficient (Wildman–Crippen LogP) is 2.58. The molecule has 0 bridgehead atoms. The molecule has 1 aromatic heterocycles. The largest absolute Gasteiger partial charge is 0.382 e. The Balaban J connectivity index is 2.85. The van der Waals surface area contributed by atoms with Gasteiger partial charge in [0.2, 0.25) is 0 Å². The molecule has 94 valence electrons. The third kappa shape index (κ3) is 3.33. The summed E-state index contributed by atoms with van der Waals surface area (Å²) in [5.74, 6) is 0.160. The van der Waals surface area contributed by atoms with Crippen LogP contribution in [-0.2, 0) is 0 Å². The summed E-state index contributed by atoms with van der Waals surface area (Å²) in [5, 5.41) is 0.312. The average molecular weight is 256 g/mol. The first-order chi connectivity index (χ1) is 7.97. The first-order valence-corrected chi connectivity index (χ1v) is 6.03. The van der Waals surface area contributed by atoms with Gasteiger partial charge in [0.05, 0.1) is 10.6 Å². The zero-order valence-electron chi connectivity index (χ0n) is 10.4. The van der Waals surface area contributed by atoms with Gasteiger partial charge in [-0.25, -0.2) is 4.98 Å². The second-order valence-corrected chi connectivity index (χ2v) is 4.55. The maximum atomic E-state index is 12.1. The molecule has 0 fully saturated rings. The quantitative estimate of drug-likeness (QED) is 0.900. The first-order valence-electron chi connectivity index (χ1n) is 5.65. The van der Waals surface area contributed by atoms with Gasteiger partial charge in [0.1, 0.15) is 5.82 Å². The number of aromatic nitrogens is 1. The predicted molar refractivity (Wildman–Crippen MR) is 70.1 cm³/mol. The SMILES string of the molecule is CCCC(C)N(C)C(=O)c1cnc(N)c(Cl)c1. The molecule has 1 atom stereocenters. The van der Waals surface area contributed by atoms with Crippen LogP contribution in [0.4, 0.5) is 5.82 Å². The van der Waals surface area contributed by atoms with Gasteiger partial charge in [0.25, 0.3) is 5.91 Å². The molecule has 0 radical (unpaired) electrons. The van der Waals surface area contributed by atoms with E-state index in [1.165, 1.54) is 6.20 Å². The molecule has 0 aromatic carbocycles. The van der Waals surface area contributed by atoms with E-state index in [-0.39, 0.29) is 17.8 Å². The minimum Gasteiger partial charge on any atom is -0.382 e. The number of nitrogens with two attached hydrogens (primary N) is 1. The Morgan fingerprint density at radius 1 is 1.65 bits per heavy atom. The maximum absolute atomic E-state index is 12.1. The molecule has 17 heavy (non-hydrogen) atoms. The molecule has 1 unspecified atom stereocenters. The van der Waals surface area contributed by atoms with Gasteiger partial charge >= 0.3 is 0 Å². The number of halogens is 1. The Hall–Kier alpha value is -1.29. The number of amides is 1. The molecule has 0 saturated carbocycles. The van der Waals surface area contributed by atoms with Crippen molar-refractivity contribution in [1.29, 1.82) is 0 Å². The van der Waals surface area contributed by atoms with E-state index in [2.05, 4.69) is 11.9 Å². The van der Waals surface area contributed by atoms with Crippen molar-refractivity contribution < 1.29 is 4.79 Å². The number of carbonyl (C=O) groups is 1. The van der Waals surface area contributed by atoms with Crippen LogP contribution in [0.2, 0.25) is 5.02 Å². The second-order valence-electron chi connectivity index (χ2n) is 4.14. The van der Waals surface area contributed by atoms with Crippen LogP contribution in [0.25, 0.3) is 0 Å². The molecule has 1 aromatic rings. The van der Waals surface area contributed by atoms with Gasteiger partial charge in [0, 0.05) is 19.3 Å². The molecule has 0 saturated heterocycles. The van der Waals surface area contributed by atoms with E-state index in [0.717, 1.165) is 12.8 Å². The number of hydrogen-bond acceptors (Lipinski definition) is 3. The molecule has 0 aliphatic rings. The number of nitrogens with zero attached hydrogens (tertiary/aromatic N) is 2. The second kappa shape index (κ2) is 5.87. The van der Waals surface area contributed by atoms with Crippen LogP contribution in [0.1, 0.15) is 37.0 Å². The van der Waals surface area contributed by atoms with Crippen molar-refractivity contribution >= 4 is 23.3 Å². The van der Waals surface area contributed by atoms with Gasteiger partial charge in [-0.05, 0) is 19.4 Å². The van der Waals surface area contributed by atoms with Crippen molar-refractivity contribution in [3.8, 4) is 0 Å². The number of anilines is 1. The topological polar surface area (TPSA) is 59.2 Å². The lowest BCUT2D eigenvalue weighted by Gasteiger charge is -2.24. The fraction of sp³-hybridized carbons (Fsp3) is 0.500. The Labute approximate surface area is 107 Å². The van der Waals surface area contributed by atoms with Crippen LogP contribution < -0.4 is 5.73 Å². The third-order valence-electron chi connectivity index (χ3n) is 2.80. The number of carbonyl (C=O) groups excluding carboxylic acids is 1. The fourth-order valence-electron chi connectivity index (χ4n) is 1.58. The smallest absolute Gasteiger partial charge is 0.255 e. The molecular formula is C12H18ClN3O. The molecule has 2 N–H and O–H groups in total. The van der Waals surface area contributed by atoms with E-state index in [1.54, 1.807) is 18.0 Å². The normalized spacial score (nSPS) is 12.2. The number of rotatable bonds is 4. The molecule has 0 aliphatic carbocycles. The lowest BCUT2D eigenvalue weighted by atomic mass is 10.1. The van der Waals surface area contributed by atoms with Gasteiger partial charge in [0.15, 0.2) is 0 Å². The Morgan fingerprint density at radius 3 is 2.82 bits per heavy atom. The van der Waals surface area contributed by atoms with E-state index in [1.807, 2.05) is 6.92 Å². The van der Waals surface area contributed by atoms with Crippen molar-refractivity contribution in [2.45, 2.75) is 32.7 Å². The highest BCUT2D eigenvalue weighted by molar-refractivity contribution is 6.33. The van der Waals surface area contributed by atoms with Gasteiger partial charge < -0.3 is 10.6 Å². The van der Waals surface area contributed by atoms with Gasteiger partial charge in [-0.3, -0.25) is 4.79 Å². The molecule has 5 heteroatoms. The summed E-state index contributed by atoms with van der Waals surface area (Å²) < 4.78 is 0. The Kier molecular flexibility index (Phi) is 4.75. The molecule has 1 rings (SSSR count). The first kappa shape index (κ1) is 13.8. The van der Waals surface area contributed by atoms with Crippen LogP contribution in [0.3, 0.4) is 0 Å². The summed E-state index contributed by atoms with van der Waals surface area (Å²) in [6.07, 6.45) is 3.47. The lowest BCUT2D eigenvalue weighted by molar-refractivity contribution is 0.0736.